The molecule has 2 aromatic rings. The molecule has 8 heteroatoms. The molecule has 3 aliphatic heterocycles. The van der Waals surface area contributed by atoms with Gasteiger partial charge in [-0.2, -0.15) is 0 Å². The molecule has 31 heavy (non-hydrogen) atoms. The molecular formula is C23H24ClN3O3S. The topological polar surface area (TPSA) is 53.1 Å². The van der Waals surface area contributed by atoms with Gasteiger partial charge >= 0.3 is 0 Å². The van der Waals surface area contributed by atoms with E-state index >= 15 is 0 Å². The maximum absolute atomic E-state index is 14.1. The van der Waals surface area contributed by atoms with Gasteiger partial charge in [-0.15, -0.1) is 11.8 Å². The lowest BCUT2D eigenvalue weighted by molar-refractivity contribution is -0.124. The van der Waals surface area contributed by atoms with Crippen molar-refractivity contribution < 1.29 is 14.3 Å². The van der Waals surface area contributed by atoms with E-state index in [2.05, 4.69) is 4.90 Å². The van der Waals surface area contributed by atoms with E-state index in [4.69, 9.17) is 16.3 Å². The Morgan fingerprint density at radius 1 is 1.13 bits per heavy atom. The Balaban J connectivity index is 1.64. The average molecular weight is 458 g/mol. The maximum atomic E-state index is 14.1. The fraction of sp³-hybridized carbons (Fsp3) is 0.391. The second-order valence-electron chi connectivity index (χ2n) is 8.18. The van der Waals surface area contributed by atoms with Crippen molar-refractivity contribution in [1.29, 1.82) is 0 Å². The third-order valence-corrected chi connectivity index (χ3v) is 7.83. The van der Waals surface area contributed by atoms with Gasteiger partial charge in [-0.25, -0.2) is 0 Å². The summed E-state index contributed by atoms with van der Waals surface area (Å²) in [5.41, 5.74) is 3.49. The Morgan fingerprint density at radius 3 is 2.55 bits per heavy atom. The molecule has 6 nitrogen and oxygen atoms in total. The van der Waals surface area contributed by atoms with E-state index in [0.717, 1.165) is 29.9 Å². The highest BCUT2D eigenvalue weighted by molar-refractivity contribution is 8.03. The molecule has 162 valence electrons. The monoisotopic (exact) mass is 457 g/mol. The number of rotatable bonds is 3. The van der Waals surface area contributed by atoms with Crippen LogP contribution < -0.4 is 9.80 Å². The first-order valence-electron chi connectivity index (χ1n) is 10.4. The summed E-state index contributed by atoms with van der Waals surface area (Å²) in [5.74, 6) is -0.140. The fourth-order valence-electron chi connectivity index (χ4n) is 4.57. The number of hydrogen-bond acceptors (Lipinski definition) is 5. The van der Waals surface area contributed by atoms with Crippen LogP contribution in [0.1, 0.15) is 18.1 Å². The lowest BCUT2D eigenvalue weighted by Crippen LogP contribution is -2.52. The molecule has 0 radical (unpaired) electrons. The number of hydrogen-bond donors (Lipinski definition) is 0. The van der Waals surface area contributed by atoms with Crippen LogP contribution in [0.5, 0.6) is 0 Å². The molecule has 0 saturated carbocycles. The predicted molar refractivity (Wildman–Crippen MR) is 124 cm³/mol. The summed E-state index contributed by atoms with van der Waals surface area (Å²) in [4.78, 5) is 32.1. The number of anilines is 2. The summed E-state index contributed by atoms with van der Waals surface area (Å²) < 4.78 is 5.47. The summed E-state index contributed by atoms with van der Waals surface area (Å²) in [6, 6.07) is 13.2. The van der Waals surface area contributed by atoms with Crippen LogP contribution in [0.2, 0.25) is 5.02 Å². The van der Waals surface area contributed by atoms with Crippen LogP contribution >= 0.6 is 23.4 Å². The maximum Gasteiger partial charge on any atom is 0.269 e. The van der Waals surface area contributed by atoms with Crippen LogP contribution in [-0.4, -0.2) is 54.9 Å². The normalized spacial score (nSPS) is 26.2. The zero-order valence-corrected chi connectivity index (χ0v) is 19.1. The largest absolute Gasteiger partial charge is 0.379 e. The van der Waals surface area contributed by atoms with Crippen molar-refractivity contribution in [3.05, 3.63) is 58.6 Å². The number of ether oxygens (including phenoxy) is 1. The highest BCUT2D eigenvalue weighted by atomic mass is 35.5. The number of nitrogens with zero attached hydrogens (tertiary/aromatic N) is 3. The van der Waals surface area contributed by atoms with E-state index in [1.54, 1.807) is 17.0 Å². The number of morpholine rings is 1. The number of amides is 2. The molecule has 2 amide bonds. The highest BCUT2D eigenvalue weighted by Gasteiger charge is 2.63. The fourth-order valence-corrected chi connectivity index (χ4v) is 6.22. The Hall–Kier alpha value is -2.06. The molecule has 0 aromatic heterocycles. The summed E-state index contributed by atoms with van der Waals surface area (Å²) in [6.07, 6.45) is 0. The molecule has 0 unspecified atom stereocenters. The van der Waals surface area contributed by atoms with Crippen LogP contribution in [0.4, 0.5) is 11.4 Å². The van der Waals surface area contributed by atoms with Crippen molar-refractivity contribution in [3.8, 4) is 0 Å². The van der Waals surface area contributed by atoms with Crippen molar-refractivity contribution in [3.63, 3.8) is 0 Å². The number of benzene rings is 2. The smallest absolute Gasteiger partial charge is 0.269 e. The molecule has 3 aliphatic rings. The zero-order valence-electron chi connectivity index (χ0n) is 17.5. The number of halogens is 1. The zero-order chi connectivity index (χ0) is 21.8. The van der Waals surface area contributed by atoms with Crippen molar-refractivity contribution >= 4 is 46.6 Å². The average Bonchev–Trinajstić information content (AvgIpc) is 3.16. The van der Waals surface area contributed by atoms with Crippen molar-refractivity contribution in [1.82, 2.24) is 4.90 Å². The Kier molecular flexibility index (Phi) is 5.25. The van der Waals surface area contributed by atoms with E-state index in [1.165, 1.54) is 11.8 Å². The third-order valence-electron chi connectivity index (χ3n) is 6.10. The minimum atomic E-state index is -1.11. The third kappa shape index (κ3) is 3.26. The summed E-state index contributed by atoms with van der Waals surface area (Å²) in [7, 11) is 0. The number of carbonyl (C=O) groups excluding carboxylic acids is 2. The summed E-state index contributed by atoms with van der Waals surface area (Å²) >= 11 is 7.52. The van der Waals surface area contributed by atoms with E-state index in [-0.39, 0.29) is 17.1 Å². The summed E-state index contributed by atoms with van der Waals surface area (Å²) in [5, 5.41) is 0.254. The molecule has 0 aliphatic carbocycles. The number of fused-ring (bicyclic) bond motifs is 2. The number of aryl methyl sites for hydroxylation is 1. The van der Waals surface area contributed by atoms with Gasteiger partial charge in [0.2, 0.25) is 10.8 Å². The van der Waals surface area contributed by atoms with Crippen LogP contribution in [0, 0.1) is 6.92 Å². The second-order valence-corrected chi connectivity index (χ2v) is 10.1. The Bertz CT molecular complexity index is 1040. The molecule has 3 heterocycles. The van der Waals surface area contributed by atoms with Gasteiger partial charge in [0.1, 0.15) is 0 Å². The Labute approximate surface area is 191 Å². The van der Waals surface area contributed by atoms with Crippen molar-refractivity contribution in [2.24, 2.45) is 0 Å². The first-order chi connectivity index (χ1) is 14.9. The van der Waals surface area contributed by atoms with Crippen molar-refractivity contribution in [2.45, 2.75) is 24.0 Å². The van der Waals surface area contributed by atoms with Gasteiger partial charge in [-0.3, -0.25) is 24.3 Å². The molecule has 0 N–H and O–H groups in total. The predicted octanol–water partition coefficient (Wildman–Crippen LogP) is 3.61. The van der Waals surface area contributed by atoms with E-state index in [0.29, 0.717) is 30.6 Å². The van der Waals surface area contributed by atoms with Crippen LogP contribution in [0.25, 0.3) is 0 Å². The molecular weight excluding hydrogens is 434 g/mol. The van der Waals surface area contributed by atoms with Crippen LogP contribution in [0.15, 0.2) is 42.5 Å². The van der Waals surface area contributed by atoms with Gasteiger partial charge in [0.15, 0.2) is 0 Å². The molecule has 2 atom stereocenters. The molecule has 1 spiro atoms. The standard InChI is InChI=1S/C23H24ClN3O3S/c1-15-3-8-20-19(13-15)23(22(29)26(20)14-25-9-11-30-12-10-25)27(21(28)16(2)31-23)18-6-4-17(24)5-7-18/h3-8,13,16H,9-12,14H2,1-2H3/t16-,23+/m0/s1. The van der Waals surface area contributed by atoms with Gasteiger partial charge < -0.3 is 4.74 Å². The summed E-state index contributed by atoms with van der Waals surface area (Å²) in [6.45, 7) is 7.25. The molecule has 2 aromatic carbocycles. The first-order valence-corrected chi connectivity index (χ1v) is 11.7. The lowest BCUT2D eigenvalue weighted by Gasteiger charge is -2.35. The molecule has 2 saturated heterocycles. The quantitative estimate of drug-likeness (QED) is 0.704. The van der Waals surface area contributed by atoms with Crippen LogP contribution in [-0.2, 0) is 19.2 Å². The minimum absolute atomic E-state index is 0.0682. The van der Waals surface area contributed by atoms with Gasteiger partial charge in [-0.1, -0.05) is 29.3 Å². The minimum Gasteiger partial charge on any atom is -0.379 e. The SMILES string of the molecule is Cc1ccc2c(c1)[C@@]1(S[C@@H](C)C(=O)N1c1ccc(Cl)cc1)C(=O)N2CN1CCOCC1. The Morgan fingerprint density at radius 2 is 1.84 bits per heavy atom. The van der Waals surface area contributed by atoms with Crippen molar-refractivity contribution in [2.75, 3.05) is 42.8 Å². The van der Waals surface area contributed by atoms with E-state index in [1.807, 2.05) is 49.1 Å². The van der Waals surface area contributed by atoms with Gasteiger partial charge in [0.25, 0.3) is 5.91 Å². The lowest BCUT2D eigenvalue weighted by atomic mass is 10.0. The first kappa shape index (κ1) is 20.8. The van der Waals surface area contributed by atoms with Gasteiger partial charge in [-0.05, 0) is 44.2 Å². The number of carbonyl (C=O) groups is 2. The van der Waals surface area contributed by atoms with Crippen LogP contribution in [0.3, 0.4) is 0 Å². The van der Waals surface area contributed by atoms with E-state index in [9.17, 15) is 9.59 Å². The van der Waals surface area contributed by atoms with E-state index < -0.39 is 4.87 Å². The van der Waals surface area contributed by atoms with Gasteiger partial charge in [0, 0.05) is 29.4 Å². The second kappa shape index (κ2) is 7.81. The molecule has 2 fully saturated rings. The molecule has 5 rings (SSSR count). The number of thioether (sulfide) groups is 1. The molecule has 0 bridgehead atoms. The highest BCUT2D eigenvalue weighted by Crippen LogP contribution is 2.58. The van der Waals surface area contributed by atoms with Gasteiger partial charge in [0.05, 0.1) is 30.8 Å².